The fraction of sp³-hybridized carbons (Fsp3) is 0.421. The fourth-order valence-corrected chi connectivity index (χ4v) is 2.92. The molecule has 0 saturated carbocycles. The Bertz CT molecular complexity index is 888. The zero-order valence-electron chi connectivity index (χ0n) is 17.3. The molecule has 182 valence electrons. The lowest BCUT2D eigenvalue weighted by atomic mass is 9.97. The lowest BCUT2D eigenvalue weighted by molar-refractivity contribution is -0.143. The van der Waals surface area contributed by atoms with Crippen LogP contribution in [-0.4, -0.2) is 42.7 Å². The summed E-state index contributed by atoms with van der Waals surface area (Å²) in [6.45, 7) is 1.51. The Hall–Kier alpha value is -3.29. The maximum Gasteiger partial charge on any atom is 0.416 e. The predicted molar refractivity (Wildman–Crippen MR) is 106 cm³/mol. The quantitative estimate of drug-likeness (QED) is 0.169. The minimum absolute atomic E-state index is 0.0334. The van der Waals surface area contributed by atoms with Crippen molar-refractivity contribution < 1.29 is 35.9 Å². The molecule has 1 saturated heterocycles. The van der Waals surface area contributed by atoms with Crippen molar-refractivity contribution in [2.45, 2.75) is 25.2 Å². The van der Waals surface area contributed by atoms with Crippen LogP contribution in [0.15, 0.2) is 35.6 Å². The molecule has 0 aliphatic carbocycles. The molecule has 1 fully saturated rings. The molecular weight excluding hydrogens is 458 g/mol. The summed E-state index contributed by atoms with van der Waals surface area (Å²) in [5.41, 5.74) is 8.34. The summed E-state index contributed by atoms with van der Waals surface area (Å²) in [7, 11) is 1.94. The molecule has 1 aromatic carbocycles. The van der Waals surface area contributed by atoms with Crippen molar-refractivity contribution in [2.24, 2.45) is 16.8 Å². The fourth-order valence-electron chi connectivity index (χ4n) is 2.92. The lowest BCUT2D eigenvalue weighted by Gasteiger charge is -2.27. The average Bonchev–Trinajstić information content (AvgIpc) is 2.73. The SMILES string of the molecule is CN1CCC(C(=O)NNC(=O)/C=C\N/N=C(\N)c2cc(C(F)(F)F)cc(C(F)(F)F)c2)CC1. The van der Waals surface area contributed by atoms with E-state index in [1.165, 1.54) is 0 Å². The highest BCUT2D eigenvalue weighted by atomic mass is 19.4. The molecule has 0 bridgehead atoms. The van der Waals surface area contributed by atoms with Gasteiger partial charge in [0.15, 0.2) is 5.84 Å². The van der Waals surface area contributed by atoms with Crippen LogP contribution in [0, 0.1) is 5.92 Å². The number of halogens is 6. The highest BCUT2D eigenvalue weighted by Crippen LogP contribution is 2.36. The number of hydrazine groups is 1. The van der Waals surface area contributed by atoms with Gasteiger partial charge in [-0.2, -0.15) is 31.4 Å². The first kappa shape index (κ1) is 26.0. The van der Waals surface area contributed by atoms with E-state index in [2.05, 4.69) is 26.3 Å². The highest BCUT2D eigenvalue weighted by molar-refractivity contribution is 5.97. The van der Waals surface area contributed by atoms with Crippen LogP contribution in [0.4, 0.5) is 26.3 Å². The standard InChI is InChI=1S/C19H22F6N6O2/c1-31-6-3-11(4-7-31)17(33)30-28-15(32)2-5-27-29-16(26)12-8-13(18(20,21)22)10-14(9-12)19(23,24)25/h2,5,8-11,27H,3-4,6-7H2,1H3,(H2,26,29)(H,28,32)(H,30,33)/b5-2-. The first-order valence-corrected chi connectivity index (χ1v) is 9.61. The maximum atomic E-state index is 12.9. The number of hydrogen-bond acceptors (Lipinski definition) is 5. The number of nitrogens with zero attached hydrogens (tertiary/aromatic N) is 2. The molecule has 5 N–H and O–H groups in total. The van der Waals surface area contributed by atoms with E-state index in [0.717, 1.165) is 25.4 Å². The van der Waals surface area contributed by atoms with Crippen LogP contribution in [0.25, 0.3) is 0 Å². The Kier molecular flexibility index (Phi) is 8.30. The van der Waals surface area contributed by atoms with Crippen molar-refractivity contribution in [3.8, 4) is 0 Å². The number of carbonyl (C=O) groups excluding carboxylic acids is 2. The van der Waals surface area contributed by atoms with Crippen LogP contribution in [0.3, 0.4) is 0 Å². The Balaban J connectivity index is 1.95. The van der Waals surface area contributed by atoms with Gasteiger partial charge >= 0.3 is 12.4 Å². The summed E-state index contributed by atoms with van der Waals surface area (Å²) in [4.78, 5) is 25.8. The number of hydrogen-bond donors (Lipinski definition) is 4. The number of piperidine rings is 1. The zero-order valence-corrected chi connectivity index (χ0v) is 17.3. The van der Waals surface area contributed by atoms with E-state index in [0.29, 0.717) is 25.0 Å². The monoisotopic (exact) mass is 480 g/mol. The van der Waals surface area contributed by atoms with Crippen LogP contribution in [0.1, 0.15) is 29.5 Å². The van der Waals surface area contributed by atoms with Gasteiger partial charge in [0.2, 0.25) is 5.91 Å². The van der Waals surface area contributed by atoms with Gasteiger partial charge < -0.3 is 10.6 Å². The molecule has 0 atom stereocenters. The van der Waals surface area contributed by atoms with Gasteiger partial charge in [0.25, 0.3) is 5.91 Å². The summed E-state index contributed by atoms with van der Waals surface area (Å²) in [5, 5.41) is 3.44. The summed E-state index contributed by atoms with van der Waals surface area (Å²) >= 11 is 0. The molecular formula is C19H22F6N6O2. The van der Waals surface area contributed by atoms with Gasteiger partial charge in [-0.3, -0.25) is 25.9 Å². The predicted octanol–water partition coefficient (Wildman–Crippen LogP) is 1.94. The third kappa shape index (κ3) is 7.97. The van der Waals surface area contributed by atoms with E-state index in [1.54, 1.807) is 0 Å². The van der Waals surface area contributed by atoms with Crippen LogP contribution in [0.5, 0.6) is 0 Å². The zero-order chi connectivity index (χ0) is 24.8. The number of amidine groups is 1. The van der Waals surface area contributed by atoms with Crippen molar-refractivity contribution in [2.75, 3.05) is 20.1 Å². The summed E-state index contributed by atoms with van der Waals surface area (Å²) in [6, 6.07) is 0.809. The van der Waals surface area contributed by atoms with E-state index in [4.69, 9.17) is 5.73 Å². The van der Waals surface area contributed by atoms with Crippen molar-refractivity contribution in [1.82, 2.24) is 21.2 Å². The van der Waals surface area contributed by atoms with E-state index >= 15 is 0 Å². The maximum absolute atomic E-state index is 12.9. The molecule has 1 heterocycles. The van der Waals surface area contributed by atoms with Crippen molar-refractivity contribution in [3.63, 3.8) is 0 Å². The Morgan fingerprint density at radius 3 is 2.09 bits per heavy atom. The minimum Gasteiger partial charge on any atom is -0.382 e. The van der Waals surface area contributed by atoms with Gasteiger partial charge in [0.1, 0.15) is 0 Å². The van der Waals surface area contributed by atoms with E-state index < -0.39 is 40.8 Å². The third-order valence-corrected chi connectivity index (χ3v) is 4.78. The second-order valence-electron chi connectivity index (χ2n) is 7.31. The number of hydrazone groups is 1. The van der Waals surface area contributed by atoms with Gasteiger partial charge in [-0.25, -0.2) is 0 Å². The second kappa shape index (κ2) is 10.6. The largest absolute Gasteiger partial charge is 0.416 e. The molecule has 1 aliphatic rings. The highest BCUT2D eigenvalue weighted by Gasteiger charge is 2.37. The Morgan fingerprint density at radius 2 is 1.58 bits per heavy atom. The van der Waals surface area contributed by atoms with Crippen molar-refractivity contribution in [3.05, 3.63) is 47.2 Å². The molecule has 1 aliphatic heterocycles. The normalized spacial score (nSPS) is 16.6. The van der Waals surface area contributed by atoms with Gasteiger partial charge in [0.05, 0.1) is 11.1 Å². The minimum atomic E-state index is -5.03. The van der Waals surface area contributed by atoms with E-state index in [-0.39, 0.29) is 17.9 Å². The molecule has 8 nitrogen and oxygen atoms in total. The lowest BCUT2D eigenvalue weighted by Crippen LogP contribution is -2.46. The average molecular weight is 480 g/mol. The van der Waals surface area contributed by atoms with Crippen LogP contribution in [-0.2, 0) is 21.9 Å². The summed E-state index contributed by atoms with van der Waals surface area (Å²) in [5.74, 6) is -2.00. The van der Waals surface area contributed by atoms with Gasteiger partial charge in [0, 0.05) is 23.8 Å². The molecule has 0 aromatic heterocycles. The molecule has 0 spiro atoms. The molecule has 14 heteroatoms. The Labute approximate surface area is 184 Å². The number of benzene rings is 1. The summed E-state index contributed by atoms with van der Waals surface area (Å²) in [6.07, 6.45) is -6.94. The van der Waals surface area contributed by atoms with E-state index in [9.17, 15) is 35.9 Å². The van der Waals surface area contributed by atoms with Crippen molar-refractivity contribution in [1.29, 1.82) is 0 Å². The van der Waals surface area contributed by atoms with Gasteiger partial charge in [-0.05, 0) is 51.2 Å². The van der Waals surface area contributed by atoms with E-state index in [1.807, 2.05) is 7.05 Å². The Morgan fingerprint density at radius 1 is 1.03 bits per heavy atom. The smallest absolute Gasteiger partial charge is 0.382 e. The van der Waals surface area contributed by atoms with Crippen molar-refractivity contribution >= 4 is 17.6 Å². The molecule has 2 rings (SSSR count). The molecule has 0 unspecified atom stereocenters. The van der Waals surface area contributed by atoms with Gasteiger partial charge in [-0.15, -0.1) is 0 Å². The van der Waals surface area contributed by atoms with Crippen LogP contribution < -0.4 is 22.0 Å². The number of amides is 2. The number of rotatable bonds is 5. The number of alkyl halides is 6. The summed E-state index contributed by atoms with van der Waals surface area (Å²) < 4.78 is 77.5. The number of nitrogens with one attached hydrogen (secondary N) is 3. The topological polar surface area (TPSA) is 112 Å². The molecule has 33 heavy (non-hydrogen) atoms. The third-order valence-electron chi connectivity index (χ3n) is 4.78. The molecule has 0 radical (unpaired) electrons. The number of carbonyl (C=O) groups is 2. The number of likely N-dealkylation sites (tertiary alicyclic amines) is 1. The molecule has 2 amide bonds. The molecule has 1 aromatic rings. The first-order chi connectivity index (χ1) is 15.3. The second-order valence-corrected chi connectivity index (χ2v) is 7.31. The first-order valence-electron chi connectivity index (χ1n) is 9.61. The van der Waals surface area contributed by atoms with Crippen LogP contribution >= 0.6 is 0 Å². The van der Waals surface area contributed by atoms with Gasteiger partial charge in [-0.1, -0.05) is 0 Å². The number of nitrogens with two attached hydrogens (primary N) is 1. The van der Waals surface area contributed by atoms with Crippen LogP contribution in [0.2, 0.25) is 0 Å².